The maximum absolute atomic E-state index is 5.71. The molecule has 0 saturated heterocycles. The van der Waals surface area contributed by atoms with E-state index in [0.717, 1.165) is 23.9 Å². The minimum Gasteiger partial charge on any atom is -0.497 e. The van der Waals surface area contributed by atoms with Gasteiger partial charge in [0.2, 0.25) is 0 Å². The quantitative estimate of drug-likeness (QED) is 0.463. The highest BCUT2D eigenvalue weighted by Crippen LogP contribution is 2.40. The molecule has 2 aromatic rings. The van der Waals surface area contributed by atoms with Gasteiger partial charge in [0, 0.05) is 19.0 Å². The summed E-state index contributed by atoms with van der Waals surface area (Å²) in [7, 11) is 3.44. The lowest BCUT2D eigenvalue weighted by Crippen LogP contribution is -2.40. The third kappa shape index (κ3) is 4.89. The predicted molar refractivity (Wildman–Crippen MR) is 101 cm³/mol. The van der Waals surface area contributed by atoms with Crippen molar-refractivity contribution in [1.82, 2.24) is 10.6 Å². The maximum Gasteiger partial charge on any atom is 0.191 e. The molecule has 5 nitrogen and oxygen atoms in total. The topological polar surface area (TPSA) is 54.9 Å². The number of rotatable bonds is 7. The minimum atomic E-state index is 0.455. The first-order valence-corrected chi connectivity index (χ1v) is 8.59. The highest BCUT2D eigenvalue weighted by molar-refractivity contribution is 5.80. The molecule has 0 heterocycles. The Bertz CT molecular complexity index is 686. The van der Waals surface area contributed by atoms with Gasteiger partial charge >= 0.3 is 0 Å². The maximum atomic E-state index is 5.71. The van der Waals surface area contributed by atoms with Crippen LogP contribution in [-0.2, 0) is 0 Å². The van der Waals surface area contributed by atoms with Crippen LogP contribution in [0.2, 0.25) is 0 Å². The summed E-state index contributed by atoms with van der Waals surface area (Å²) in [6, 6.07) is 18.6. The number of nitrogens with one attached hydrogen (secondary N) is 2. The second-order valence-electron chi connectivity index (χ2n) is 6.03. The Morgan fingerprint density at radius 3 is 2.48 bits per heavy atom. The van der Waals surface area contributed by atoms with Crippen molar-refractivity contribution in [3.63, 3.8) is 0 Å². The van der Waals surface area contributed by atoms with Crippen molar-refractivity contribution in [3.8, 4) is 11.5 Å². The van der Waals surface area contributed by atoms with Crippen molar-refractivity contribution >= 4 is 5.96 Å². The molecule has 2 N–H and O–H groups in total. The number of aliphatic imine (C=N–C) groups is 1. The third-order valence-corrected chi connectivity index (χ3v) is 4.29. The van der Waals surface area contributed by atoms with Crippen LogP contribution < -0.4 is 20.1 Å². The first-order chi connectivity index (χ1) is 12.3. The molecule has 0 spiro atoms. The lowest BCUT2D eigenvalue weighted by Gasteiger charge is -2.13. The Hall–Kier alpha value is -2.69. The highest BCUT2D eigenvalue weighted by atomic mass is 16.5. The van der Waals surface area contributed by atoms with Crippen LogP contribution in [0.5, 0.6) is 11.5 Å². The summed E-state index contributed by atoms with van der Waals surface area (Å²) in [5.74, 6) is 3.06. The Balaban J connectivity index is 1.37. The monoisotopic (exact) mass is 339 g/mol. The van der Waals surface area contributed by atoms with Crippen molar-refractivity contribution in [3.05, 3.63) is 60.2 Å². The molecule has 0 radical (unpaired) electrons. The zero-order valence-corrected chi connectivity index (χ0v) is 14.7. The van der Waals surface area contributed by atoms with E-state index in [1.807, 2.05) is 24.3 Å². The van der Waals surface area contributed by atoms with Gasteiger partial charge in [0.25, 0.3) is 0 Å². The number of hydrogen-bond acceptors (Lipinski definition) is 3. The van der Waals surface area contributed by atoms with Crippen molar-refractivity contribution in [2.45, 2.75) is 18.4 Å². The molecule has 0 aromatic heterocycles. The van der Waals surface area contributed by atoms with Gasteiger partial charge in [-0.1, -0.05) is 30.3 Å². The molecular weight excluding hydrogens is 314 g/mol. The summed E-state index contributed by atoms with van der Waals surface area (Å²) >= 11 is 0. The molecule has 0 aliphatic heterocycles. The molecule has 2 aromatic carbocycles. The zero-order chi connectivity index (χ0) is 17.5. The number of nitrogens with zero attached hydrogens (tertiary/aromatic N) is 1. The standard InChI is InChI=1S/C20H25N3O2/c1-21-20(23-19-14-18(19)15-6-4-3-5-7-15)22-12-13-25-17-10-8-16(24-2)9-11-17/h3-11,18-19H,12-14H2,1-2H3,(H2,21,22,23). The second-order valence-corrected chi connectivity index (χ2v) is 6.03. The van der Waals surface area contributed by atoms with E-state index in [2.05, 4.69) is 46.0 Å². The van der Waals surface area contributed by atoms with Crippen LogP contribution in [0.1, 0.15) is 17.9 Å². The SMILES string of the molecule is CN=C(NCCOc1ccc(OC)cc1)NC1CC1c1ccccc1. The zero-order valence-electron chi connectivity index (χ0n) is 14.7. The van der Waals surface area contributed by atoms with E-state index in [1.165, 1.54) is 5.56 Å². The molecule has 1 saturated carbocycles. The summed E-state index contributed by atoms with van der Waals surface area (Å²) in [5, 5.41) is 6.76. The van der Waals surface area contributed by atoms with Crippen LogP contribution in [0.3, 0.4) is 0 Å². The average molecular weight is 339 g/mol. The van der Waals surface area contributed by atoms with Crippen LogP contribution in [0, 0.1) is 0 Å². The van der Waals surface area contributed by atoms with Crippen molar-refractivity contribution in [2.75, 3.05) is 27.3 Å². The average Bonchev–Trinajstić information content (AvgIpc) is 3.44. The van der Waals surface area contributed by atoms with Gasteiger partial charge in [-0.05, 0) is 36.2 Å². The fraction of sp³-hybridized carbons (Fsp3) is 0.350. The number of methoxy groups -OCH3 is 1. The van der Waals surface area contributed by atoms with E-state index >= 15 is 0 Å². The molecule has 0 bridgehead atoms. The van der Waals surface area contributed by atoms with Gasteiger partial charge in [0.15, 0.2) is 5.96 Å². The highest BCUT2D eigenvalue weighted by Gasteiger charge is 2.38. The minimum absolute atomic E-state index is 0.455. The molecule has 2 atom stereocenters. The van der Waals surface area contributed by atoms with E-state index in [4.69, 9.17) is 9.47 Å². The van der Waals surface area contributed by atoms with Crippen molar-refractivity contribution in [2.24, 2.45) is 4.99 Å². The Morgan fingerprint density at radius 2 is 1.80 bits per heavy atom. The molecule has 132 valence electrons. The van der Waals surface area contributed by atoms with Crippen LogP contribution in [-0.4, -0.2) is 39.3 Å². The van der Waals surface area contributed by atoms with Gasteiger partial charge in [-0.25, -0.2) is 0 Å². The molecule has 1 fully saturated rings. The molecule has 3 rings (SSSR count). The van der Waals surface area contributed by atoms with Gasteiger partial charge in [-0.2, -0.15) is 0 Å². The molecule has 25 heavy (non-hydrogen) atoms. The van der Waals surface area contributed by atoms with Crippen LogP contribution in [0.15, 0.2) is 59.6 Å². The van der Waals surface area contributed by atoms with Gasteiger partial charge in [0.1, 0.15) is 18.1 Å². The van der Waals surface area contributed by atoms with E-state index in [-0.39, 0.29) is 0 Å². The molecule has 0 amide bonds. The number of hydrogen-bond donors (Lipinski definition) is 2. The largest absolute Gasteiger partial charge is 0.497 e. The van der Waals surface area contributed by atoms with Gasteiger partial charge in [0.05, 0.1) is 13.7 Å². The molecule has 1 aliphatic rings. The Kier molecular flexibility index (Phi) is 5.77. The third-order valence-electron chi connectivity index (χ3n) is 4.29. The summed E-state index contributed by atoms with van der Waals surface area (Å²) in [6.07, 6.45) is 1.15. The van der Waals surface area contributed by atoms with E-state index in [1.54, 1.807) is 14.2 Å². The first kappa shape index (κ1) is 17.1. The van der Waals surface area contributed by atoms with E-state index < -0.39 is 0 Å². The van der Waals surface area contributed by atoms with Crippen LogP contribution in [0.25, 0.3) is 0 Å². The van der Waals surface area contributed by atoms with Gasteiger partial charge in [-0.3, -0.25) is 4.99 Å². The molecule has 1 aliphatic carbocycles. The van der Waals surface area contributed by atoms with Gasteiger partial charge in [-0.15, -0.1) is 0 Å². The summed E-state index contributed by atoms with van der Waals surface area (Å²) in [5.41, 5.74) is 1.39. The van der Waals surface area contributed by atoms with E-state index in [9.17, 15) is 0 Å². The lowest BCUT2D eigenvalue weighted by atomic mass is 10.1. The number of ether oxygens (including phenoxy) is 2. The van der Waals surface area contributed by atoms with Crippen LogP contribution in [0.4, 0.5) is 0 Å². The van der Waals surface area contributed by atoms with Crippen molar-refractivity contribution in [1.29, 1.82) is 0 Å². The smallest absolute Gasteiger partial charge is 0.191 e. The molecule has 2 unspecified atom stereocenters. The van der Waals surface area contributed by atoms with Crippen LogP contribution >= 0.6 is 0 Å². The fourth-order valence-electron chi connectivity index (χ4n) is 2.80. The normalized spacial score (nSPS) is 19.2. The first-order valence-electron chi connectivity index (χ1n) is 8.59. The van der Waals surface area contributed by atoms with Gasteiger partial charge < -0.3 is 20.1 Å². The Morgan fingerprint density at radius 1 is 1.08 bits per heavy atom. The fourth-order valence-corrected chi connectivity index (χ4v) is 2.80. The Labute approximate surface area is 149 Å². The molecule has 5 heteroatoms. The summed E-state index contributed by atoms with van der Waals surface area (Å²) < 4.78 is 10.8. The summed E-state index contributed by atoms with van der Waals surface area (Å²) in [6.45, 7) is 1.26. The predicted octanol–water partition coefficient (Wildman–Crippen LogP) is 2.80. The lowest BCUT2D eigenvalue weighted by molar-refractivity contribution is 0.321. The van der Waals surface area contributed by atoms with Crippen molar-refractivity contribution < 1.29 is 9.47 Å². The summed E-state index contributed by atoms with van der Waals surface area (Å²) in [4.78, 5) is 4.29. The van der Waals surface area contributed by atoms with E-state index in [0.29, 0.717) is 25.1 Å². The second kappa shape index (κ2) is 8.42. The number of guanidine groups is 1. The number of benzene rings is 2. The molecular formula is C20H25N3O2.